The summed E-state index contributed by atoms with van der Waals surface area (Å²) in [5.41, 5.74) is -0.655. The SMILES string of the molecule is Cn1cc([C@@H](O)[C@H]2C(=O)N3C(C(=O)[O-])=C(C(C)(C)C)O[C@H]23)nn1.[K+]. The van der Waals surface area contributed by atoms with Gasteiger partial charge in [-0.05, 0) is 0 Å². The molecule has 1 aromatic rings. The second kappa shape index (κ2) is 6.50. The molecule has 0 radical (unpaired) electrons. The molecule has 1 saturated heterocycles. The van der Waals surface area contributed by atoms with Crippen molar-refractivity contribution in [3.05, 3.63) is 23.3 Å². The number of hydrogen-bond donors (Lipinski definition) is 1. The molecule has 9 nitrogen and oxygen atoms in total. The van der Waals surface area contributed by atoms with E-state index in [1.165, 1.54) is 10.9 Å². The number of carboxylic acids is 1. The molecule has 2 aliphatic rings. The van der Waals surface area contributed by atoms with Crippen LogP contribution in [0.3, 0.4) is 0 Å². The quantitative estimate of drug-likeness (QED) is 0.427. The first kappa shape index (κ1) is 19.5. The number of aliphatic hydroxyl groups excluding tert-OH is 1. The van der Waals surface area contributed by atoms with E-state index in [-0.39, 0.29) is 68.5 Å². The van der Waals surface area contributed by atoms with E-state index in [1.807, 2.05) is 0 Å². The molecule has 0 aromatic carbocycles. The second-order valence-electron chi connectivity index (χ2n) is 6.72. The molecule has 0 unspecified atom stereocenters. The van der Waals surface area contributed by atoms with Gasteiger partial charge in [-0.25, -0.2) is 0 Å². The van der Waals surface area contributed by atoms with Crippen molar-refractivity contribution in [1.29, 1.82) is 0 Å². The smallest absolute Gasteiger partial charge is 0.543 e. The number of carboxylic acid groups (broad SMARTS) is 1. The standard InChI is InChI=1S/C14H18N4O5.K/c1-14(2,3)10-8(13(21)22)18-11(20)7(12(18)23-10)9(19)6-5-17(4)16-15-6;/h5,7,9,12,19H,1-4H3,(H,21,22);/q;+1/p-1/t7-,9+,12+;/m0./s1. The summed E-state index contributed by atoms with van der Waals surface area (Å²) in [6, 6.07) is 0. The number of ether oxygens (including phenoxy) is 1. The molecular formula is C14H17KN4O5. The van der Waals surface area contributed by atoms with E-state index in [1.54, 1.807) is 27.8 Å². The molecule has 10 heteroatoms. The van der Waals surface area contributed by atoms with Gasteiger partial charge in [-0.3, -0.25) is 14.4 Å². The van der Waals surface area contributed by atoms with Crippen molar-refractivity contribution < 1.29 is 75.9 Å². The summed E-state index contributed by atoms with van der Waals surface area (Å²) in [6.07, 6.45) is -0.603. The van der Waals surface area contributed by atoms with Gasteiger partial charge in [-0.2, -0.15) is 0 Å². The van der Waals surface area contributed by atoms with Crippen LogP contribution in [-0.2, 0) is 21.4 Å². The Labute approximate surface area is 181 Å². The largest absolute Gasteiger partial charge is 1.00 e. The number of nitrogens with zero attached hydrogens (tertiary/aromatic N) is 4. The van der Waals surface area contributed by atoms with E-state index in [0.717, 1.165) is 4.90 Å². The van der Waals surface area contributed by atoms with Crippen LogP contribution in [0.25, 0.3) is 0 Å². The number of aliphatic hydroxyl groups is 1. The summed E-state index contributed by atoms with van der Waals surface area (Å²) in [6.45, 7) is 5.32. The molecule has 1 amide bonds. The molecule has 24 heavy (non-hydrogen) atoms. The van der Waals surface area contributed by atoms with Crippen LogP contribution in [0, 0.1) is 11.3 Å². The minimum atomic E-state index is -1.47. The maximum atomic E-state index is 12.4. The third-order valence-corrected chi connectivity index (χ3v) is 3.92. The number of aromatic nitrogens is 3. The Morgan fingerprint density at radius 1 is 1.46 bits per heavy atom. The first-order valence-corrected chi connectivity index (χ1v) is 7.13. The van der Waals surface area contributed by atoms with Crippen LogP contribution in [0.5, 0.6) is 0 Å². The Balaban J connectivity index is 0.00000208. The average molecular weight is 360 g/mol. The summed E-state index contributed by atoms with van der Waals surface area (Å²) in [7, 11) is 1.64. The van der Waals surface area contributed by atoms with Crippen molar-refractivity contribution in [2.45, 2.75) is 33.1 Å². The fraction of sp³-hybridized carbons (Fsp3) is 0.571. The molecule has 1 aromatic heterocycles. The van der Waals surface area contributed by atoms with Crippen LogP contribution in [0.4, 0.5) is 0 Å². The van der Waals surface area contributed by atoms with E-state index in [0.29, 0.717) is 0 Å². The summed E-state index contributed by atoms with van der Waals surface area (Å²) in [5, 5.41) is 29.3. The number of β-lactam (4-membered cyclic amide) rings is 1. The Bertz CT molecular complexity index is 723. The zero-order valence-electron chi connectivity index (χ0n) is 14.2. The number of aryl methyl sites for hydroxylation is 1. The van der Waals surface area contributed by atoms with Gasteiger partial charge in [0.1, 0.15) is 29.2 Å². The minimum absolute atomic E-state index is 0. The molecule has 2 aliphatic heterocycles. The third-order valence-electron chi connectivity index (χ3n) is 3.92. The molecule has 3 rings (SSSR count). The number of allylic oxidation sites excluding steroid dienone is 1. The van der Waals surface area contributed by atoms with Crippen molar-refractivity contribution >= 4 is 11.9 Å². The number of rotatable bonds is 3. The Morgan fingerprint density at radius 3 is 2.54 bits per heavy atom. The fourth-order valence-electron chi connectivity index (χ4n) is 2.83. The van der Waals surface area contributed by atoms with Crippen LogP contribution in [0.2, 0.25) is 0 Å². The molecule has 0 aliphatic carbocycles. The van der Waals surface area contributed by atoms with E-state index in [4.69, 9.17) is 4.74 Å². The first-order chi connectivity index (χ1) is 10.6. The van der Waals surface area contributed by atoms with Crippen LogP contribution < -0.4 is 56.5 Å². The minimum Gasteiger partial charge on any atom is -0.543 e. The number of amides is 1. The van der Waals surface area contributed by atoms with Gasteiger partial charge in [0, 0.05) is 12.5 Å². The number of carbonyl (C=O) groups is 2. The summed E-state index contributed by atoms with van der Waals surface area (Å²) >= 11 is 0. The van der Waals surface area contributed by atoms with Gasteiger partial charge in [0.05, 0.1) is 12.2 Å². The fourth-order valence-corrected chi connectivity index (χ4v) is 2.83. The molecular weight excluding hydrogens is 343 g/mol. The second-order valence-corrected chi connectivity index (χ2v) is 6.72. The monoisotopic (exact) mass is 360 g/mol. The summed E-state index contributed by atoms with van der Waals surface area (Å²) in [5.74, 6) is -2.77. The van der Waals surface area contributed by atoms with E-state index in [9.17, 15) is 19.8 Å². The van der Waals surface area contributed by atoms with E-state index >= 15 is 0 Å². The van der Waals surface area contributed by atoms with Crippen molar-refractivity contribution in [2.24, 2.45) is 18.4 Å². The molecule has 124 valence electrons. The van der Waals surface area contributed by atoms with Gasteiger partial charge in [0.2, 0.25) is 5.91 Å². The maximum absolute atomic E-state index is 12.4. The number of hydrogen-bond acceptors (Lipinski definition) is 7. The van der Waals surface area contributed by atoms with E-state index < -0.39 is 35.5 Å². The van der Waals surface area contributed by atoms with Crippen LogP contribution in [0.15, 0.2) is 17.7 Å². The molecule has 0 saturated carbocycles. The maximum Gasteiger partial charge on any atom is 1.00 e. The van der Waals surface area contributed by atoms with Crippen LogP contribution in [0.1, 0.15) is 32.6 Å². The zero-order chi connectivity index (χ0) is 17.1. The topological polar surface area (TPSA) is 121 Å². The zero-order valence-corrected chi connectivity index (χ0v) is 17.3. The Hall–Kier alpha value is -0.784. The first-order valence-electron chi connectivity index (χ1n) is 7.13. The molecule has 1 N–H and O–H groups in total. The normalized spacial score (nSPS) is 24.0. The summed E-state index contributed by atoms with van der Waals surface area (Å²) < 4.78 is 7.08. The molecule has 3 heterocycles. The molecule has 3 atom stereocenters. The van der Waals surface area contributed by atoms with Gasteiger partial charge in [-0.1, -0.05) is 26.0 Å². The number of fused-ring (bicyclic) bond motifs is 1. The van der Waals surface area contributed by atoms with Crippen molar-refractivity contribution in [3.8, 4) is 0 Å². The number of aliphatic carboxylic acids is 1. The molecule has 1 fully saturated rings. The van der Waals surface area contributed by atoms with Gasteiger partial charge < -0.3 is 19.7 Å². The Morgan fingerprint density at radius 2 is 2.08 bits per heavy atom. The van der Waals surface area contributed by atoms with E-state index in [2.05, 4.69) is 10.3 Å². The molecule has 0 spiro atoms. The Kier molecular flexibility index (Phi) is 5.29. The van der Waals surface area contributed by atoms with Crippen molar-refractivity contribution in [1.82, 2.24) is 19.9 Å². The van der Waals surface area contributed by atoms with Crippen molar-refractivity contribution in [3.63, 3.8) is 0 Å². The average Bonchev–Trinajstić information content (AvgIpc) is 2.99. The predicted octanol–water partition coefficient (Wildman–Crippen LogP) is -4.33. The van der Waals surface area contributed by atoms with Gasteiger partial charge in [0.15, 0.2) is 6.23 Å². The predicted molar refractivity (Wildman–Crippen MR) is 72.7 cm³/mol. The van der Waals surface area contributed by atoms with Crippen LogP contribution >= 0.6 is 0 Å². The molecule has 0 bridgehead atoms. The van der Waals surface area contributed by atoms with Gasteiger partial charge >= 0.3 is 51.4 Å². The van der Waals surface area contributed by atoms with Gasteiger partial charge in [-0.15, -0.1) is 5.10 Å². The van der Waals surface area contributed by atoms with Crippen LogP contribution in [-0.4, -0.2) is 43.1 Å². The summed E-state index contributed by atoms with van der Waals surface area (Å²) in [4.78, 5) is 24.8. The van der Waals surface area contributed by atoms with Crippen molar-refractivity contribution in [2.75, 3.05) is 0 Å². The third kappa shape index (κ3) is 2.95. The number of carbonyl (C=O) groups excluding carboxylic acids is 2. The van der Waals surface area contributed by atoms with Gasteiger partial charge in [0.25, 0.3) is 0 Å².